The van der Waals surface area contributed by atoms with Crippen LogP contribution in [0.15, 0.2) is 36.4 Å². The van der Waals surface area contributed by atoms with Crippen LogP contribution in [-0.4, -0.2) is 26.1 Å². The van der Waals surface area contributed by atoms with Crippen LogP contribution in [-0.2, 0) is 0 Å². The van der Waals surface area contributed by atoms with Gasteiger partial charge in [0.05, 0.1) is 11.1 Å². The molecule has 0 unspecified atom stereocenters. The van der Waals surface area contributed by atoms with E-state index >= 15 is 0 Å². The average Bonchev–Trinajstić information content (AvgIpc) is 2.84. The topological polar surface area (TPSA) is 68.0 Å². The van der Waals surface area contributed by atoms with Gasteiger partial charge in [-0.25, -0.2) is 18.3 Å². The van der Waals surface area contributed by atoms with E-state index in [0.29, 0.717) is 5.52 Å². The summed E-state index contributed by atoms with van der Waals surface area (Å²) in [4.78, 5) is 11.0. The molecule has 0 saturated heterocycles. The number of benzene rings is 2. The second-order valence-electron chi connectivity index (χ2n) is 4.08. The van der Waals surface area contributed by atoms with Crippen LogP contribution in [0.5, 0.6) is 0 Å². The number of aromatic nitrogens is 3. The molecule has 2 aromatic carbocycles. The van der Waals surface area contributed by atoms with Gasteiger partial charge in [0.15, 0.2) is 11.6 Å². The van der Waals surface area contributed by atoms with Crippen LogP contribution in [0.25, 0.3) is 16.7 Å². The van der Waals surface area contributed by atoms with Crippen LogP contribution in [0.3, 0.4) is 0 Å². The summed E-state index contributed by atoms with van der Waals surface area (Å²) in [5.74, 6) is -3.21. The Morgan fingerprint density at radius 3 is 2.75 bits per heavy atom. The quantitative estimate of drug-likeness (QED) is 0.779. The average molecular weight is 275 g/mol. The summed E-state index contributed by atoms with van der Waals surface area (Å²) in [6, 6.07) is 7.79. The second-order valence-corrected chi connectivity index (χ2v) is 4.08. The molecule has 3 rings (SSSR count). The number of carboxylic acids is 1. The van der Waals surface area contributed by atoms with Crippen LogP contribution in [0.1, 0.15) is 10.4 Å². The zero-order valence-electron chi connectivity index (χ0n) is 9.92. The molecule has 20 heavy (non-hydrogen) atoms. The minimum absolute atomic E-state index is 0.0119. The van der Waals surface area contributed by atoms with E-state index in [-0.39, 0.29) is 16.8 Å². The Kier molecular flexibility index (Phi) is 2.67. The molecule has 0 aliphatic rings. The maximum atomic E-state index is 13.8. The monoisotopic (exact) mass is 275 g/mol. The van der Waals surface area contributed by atoms with Crippen molar-refractivity contribution in [2.45, 2.75) is 0 Å². The highest BCUT2D eigenvalue weighted by atomic mass is 19.2. The molecular weight excluding hydrogens is 268 g/mol. The molecule has 0 radical (unpaired) electrons. The number of nitrogens with zero attached hydrogens (tertiary/aromatic N) is 3. The lowest BCUT2D eigenvalue weighted by Crippen LogP contribution is -2.03. The van der Waals surface area contributed by atoms with E-state index in [2.05, 4.69) is 10.3 Å². The van der Waals surface area contributed by atoms with Gasteiger partial charge >= 0.3 is 5.97 Å². The lowest BCUT2D eigenvalue weighted by Gasteiger charge is -2.04. The number of hydrogen-bond acceptors (Lipinski definition) is 3. The number of hydrogen-bond donors (Lipinski definition) is 1. The number of carboxylic acid groups (broad SMARTS) is 1. The summed E-state index contributed by atoms with van der Waals surface area (Å²) < 4.78 is 28.1. The van der Waals surface area contributed by atoms with Gasteiger partial charge in [0.25, 0.3) is 0 Å². The maximum absolute atomic E-state index is 13.8. The SMILES string of the molecule is O=C(O)c1ccc2nnn(-c3cccc(F)c3F)c2c1. The summed E-state index contributed by atoms with van der Waals surface area (Å²) in [6.45, 7) is 0. The zero-order chi connectivity index (χ0) is 14.3. The largest absolute Gasteiger partial charge is 0.478 e. The first-order valence-electron chi connectivity index (χ1n) is 5.61. The van der Waals surface area contributed by atoms with E-state index in [9.17, 15) is 13.6 Å². The Hall–Kier alpha value is -2.83. The third-order valence-electron chi connectivity index (χ3n) is 2.85. The number of halogens is 2. The van der Waals surface area contributed by atoms with E-state index in [1.54, 1.807) is 0 Å². The number of fused-ring (bicyclic) bond motifs is 1. The van der Waals surface area contributed by atoms with Crippen molar-refractivity contribution >= 4 is 17.0 Å². The van der Waals surface area contributed by atoms with Crippen molar-refractivity contribution in [2.24, 2.45) is 0 Å². The molecule has 5 nitrogen and oxygen atoms in total. The van der Waals surface area contributed by atoms with Crippen molar-refractivity contribution in [3.8, 4) is 5.69 Å². The summed E-state index contributed by atoms with van der Waals surface area (Å²) in [7, 11) is 0. The molecule has 0 atom stereocenters. The number of rotatable bonds is 2. The third kappa shape index (κ3) is 1.80. The van der Waals surface area contributed by atoms with Crippen molar-refractivity contribution in [1.29, 1.82) is 0 Å². The molecule has 1 heterocycles. The van der Waals surface area contributed by atoms with Crippen molar-refractivity contribution in [1.82, 2.24) is 15.0 Å². The molecule has 0 aliphatic carbocycles. The van der Waals surface area contributed by atoms with Crippen LogP contribution in [0.2, 0.25) is 0 Å². The molecule has 0 fully saturated rings. The fourth-order valence-electron chi connectivity index (χ4n) is 1.89. The minimum Gasteiger partial charge on any atom is -0.478 e. The standard InChI is InChI=1S/C13H7F2N3O2/c14-8-2-1-3-10(12(8)15)18-11-6-7(13(19)20)4-5-9(11)16-17-18/h1-6H,(H,19,20). The highest BCUT2D eigenvalue weighted by Gasteiger charge is 2.15. The molecular formula is C13H7F2N3O2. The van der Waals surface area contributed by atoms with Crippen LogP contribution in [0, 0.1) is 11.6 Å². The summed E-state index contributed by atoms with van der Waals surface area (Å²) in [5.41, 5.74) is 0.556. The van der Waals surface area contributed by atoms with Crippen LogP contribution >= 0.6 is 0 Å². The normalized spacial score (nSPS) is 10.9. The zero-order valence-corrected chi connectivity index (χ0v) is 9.92. The second kappa shape index (κ2) is 4.37. The van der Waals surface area contributed by atoms with E-state index in [4.69, 9.17) is 5.11 Å². The first-order chi connectivity index (χ1) is 9.58. The Balaban J connectivity index is 2.28. The van der Waals surface area contributed by atoms with Gasteiger partial charge in [-0.3, -0.25) is 0 Å². The van der Waals surface area contributed by atoms with Gasteiger partial charge < -0.3 is 5.11 Å². The fourth-order valence-corrected chi connectivity index (χ4v) is 1.89. The summed E-state index contributed by atoms with van der Waals surface area (Å²) in [6.07, 6.45) is 0. The van der Waals surface area contributed by atoms with Crippen LogP contribution < -0.4 is 0 Å². The van der Waals surface area contributed by atoms with Gasteiger partial charge in [0, 0.05) is 0 Å². The predicted octanol–water partition coefficient (Wildman–Crippen LogP) is 2.40. The third-order valence-corrected chi connectivity index (χ3v) is 2.85. The first-order valence-corrected chi connectivity index (χ1v) is 5.61. The molecule has 7 heteroatoms. The van der Waals surface area contributed by atoms with E-state index in [0.717, 1.165) is 10.7 Å². The molecule has 0 aliphatic heterocycles. The van der Waals surface area contributed by atoms with Crippen molar-refractivity contribution in [2.75, 3.05) is 0 Å². The molecule has 0 amide bonds. The minimum atomic E-state index is -1.13. The van der Waals surface area contributed by atoms with Gasteiger partial charge in [-0.1, -0.05) is 11.3 Å². The highest BCUT2D eigenvalue weighted by molar-refractivity contribution is 5.92. The van der Waals surface area contributed by atoms with Gasteiger partial charge in [-0.2, -0.15) is 0 Å². The Morgan fingerprint density at radius 2 is 2.00 bits per heavy atom. The van der Waals surface area contributed by atoms with E-state index in [1.807, 2.05) is 0 Å². The molecule has 100 valence electrons. The smallest absolute Gasteiger partial charge is 0.335 e. The summed E-state index contributed by atoms with van der Waals surface area (Å²) >= 11 is 0. The number of aromatic carboxylic acids is 1. The molecule has 3 aromatic rings. The predicted molar refractivity (Wildman–Crippen MR) is 65.7 cm³/mol. The fraction of sp³-hybridized carbons (Fsp3) is 0. The molecule has 0 bridgehead atoms. The van der Waals surface area contributed by atoms with Crippen LogP contribution in [0.4, 0.5) is 8.78 Å². The summed E-state index contributed by atoms with van der Waals surface area (Å²) in [5, 5.41) is 16.5. The highest BCUT2D eigenvalue weighted by Crippen LogP contribution is 2.21. The molecule has 1 N–H and O–H groups in total. The Labute approximate surface area is 111 Å². The van der Waals surface area contributed by atoms with Crippen molar-refractivity contribution in [3.05, 3.63) is 53.6 Å². The van der Waals surface area contributed by atoms with Gasteiger partial charge in [-0.15, -0.1) is 5.10 Å². The van der Waals surface area contributed by atoms with Gasteiger partial charge in [0.2, 0.25) is 0 Å². The van der Waals surface area contributed by atoms with Gasteiger partial charge in [0.1, 0.15) is 11.2 Å². The number of carbonyl (C=O) groups is 1. The lowest BCUT2D eigenvalue weighted by atomic mass is 10.2. The van der Waals surface area contributed by atoms with Crippen molar-refractivity contribution < 1.29 is 18.7 Å². The van der Waals surface area contributed by atoms with Crippen molar-refractivity contribution in [3.63, 3.8) is 0 Å². The maximum Gasteiger partial charge on any atom is 0.335 e. The molecule has 0 saturated carbocycles. The lowest BCUT2D eigenvalue weighted by molar-refractivity contribution is 0.0697. The van der Waals surface area contributed by atoms with Gasteiger partial charge in [-0.05, 0) is 30.3 Å². The first kappa shape index (κ1) is 12.2. The molecule has 1 aromatic heterocycles. The Bertz CT molecular complexity index is 830. The molecule has 0 spiro atoms. The van der Waals surface area contributed by atoms with E-state index in [1.165, 1.54) is 30.3 Å². The Morgan fingerprint density at radius 1 is 1.20 bits per heavy atom. The van der Waals surface area contributed by atoms with E-state index < -0.39 is 17.6 Å².